The Hall–Kier alpha value is -1.46. The highest BCUT2D eigenvalue weighted by molar-refractivity contribution is 5.78. The molecule has 6 heteroatoms. The molecule has 0 aliphatic rings. The fourth-order valence-electron chi connectivity index (χ4n) is 2.75. The van der Waals surface area contributed by atoms with Gasteiger partial charge >= 0.3 is 0 Å². The highest BCUT2D eigenvalue weighted by atomic mass is 16.3. The third kappa shape index (κ3) is 11.7. The largest absolute Gasteiger partial charge is 0.356 e. The van der Waals surface area contributed by atoms with Gasteiger partial charge in [-0.2, -0.15) is 4.91 Å². The Balaban J connectivity index is 4.39. The second-order valence-electron chi connectivity index (χ2n) is 9.08. The summed E-state index contributed by atoms with van der Waals surface area (Å²) < 4.78 is 0. The molecule has 0 aromatic rings. The van der Waals surface area contributed by atoms with Crippen LogP contribution >= 0.6 is 0 Å². The van der Waals surface area contributed by atoms with Crippen LogP contribution in [0, 0.1) is 21.2 Å². The van der Waals surface area contributed by atoms with Crippen LogP contribution in [0.2, 0.25) is 0 Å². The van der Waals surface area contributed by atoms with E-state index in [0.717, 1.165) is 6.42 Å². The molecule has 0 aromatic heterocycles. The van der Waals surface area contributed by atoms with E-state index in [1.807, 2.05) is 20.8 Å². The molecule has 2 N–H and O–H groups in total. The summed E-state index contributed by atoms with van der Waals surface area (Å²) in [6, 6.07) is 0. The molecule has 0 fully saturated rings. The predicted octanol–water partition coefficient (Wildman–Crippen LogP) is 2.86. The van der Waals surface area contributed by atoms with Crippen LogP contribution in [0.25, 0.3) is 0 Å². The van der Waals surface area contributed by atoms with E-state index in [1.165, 1.54) is 0 Å². The number of nitrogens with zero attached hydrogens (tertiary/aromatic N) is 1. The molecule has 0 aromatic carbocycles. The molecule has 0 heterocycles. The molecule has 0 unspecified atom stereocenters. The van der Waals surface area contributed by atoms with Gasteiger partial charge in [0.2, 0.25) is 11.8 Å². The van der Waals surface area contributed by atoms with Crippen molar-refractivity contribution in [1.82, 2.24) is 10.6 Å². The fourth-order valence-corrected chi connectivity index (χ4v) is 2.75. The van der Waals surface area contributed by atoms with Gasteiger partial charge in [-0.05, 0) is 22.7 Å². The summed E-state index contributed by atoms with van der Waals surface area (Å²) >= 11 is 0. The molecule has 6 nitrogen and oxygen atoms in total. The zero-order valence-corrected chi connectivity index (χ0v) is 15.7. The zero-order valence-electron chi connectivity index (χ0n) is 15.7. The lowest BCUT2D eigenvalue weighted by Crippen LogP contribution is -2.41. The van der Waals surface area contributed by atoms with Crippen molar-refractivity contribution in [2.45, 2.75) is 61.3 Å². The first-order valence-electron chi connectivity index (χ1n) is 8.09. The molecule has 0 rings (SSSR count). The van der Waals surface area contributed by atoms with E-state index in [9.17, 15) is 14.5 Å². The van der Waals surface area contributed by atoms with Crippen molar-refractivity contribution in [3.63, 3.8) is 0 Å². The number of hydrogen-bond acceptors (Lipinski definition) is 4. The van der Waals surface area contributed by atoms with E-state index >= 15 is 0 Å². The van der Waals surface area contributed by atoms with Gasteiger partial charge in [-0.1, -0.05) is 53.6 Å². The summed E-state index contributed by atoms with van der Waals surface area (Å²) in [5.41, 5.74) is -0.258. The number of carbonyl (C=O) groups is 2. The molecule has 2 amide bonds. The minimum Gasteiger partial charge on any atom is -0.356 e. The summed E-state index contributed by atoms with van der Waals surface area (Å²) in [6.07, 6.45) is 1.33. The van der Waals surface area contributed by atoms with Crippen molar-refractivity contribution in [3.8, 4) is 0 Å². The van der Waals surface area contributed by atoms with E-state index in [4.69, 9.17) is 0 Å². The van der Waals surface area contributed by atoms with Crippen LogP contribution in [-0.4, -0.2) is 31.4 Å². The molecule has 23 heavy (non-hydrogen) atoms. The van der Waals surface area contributed by atoms with Gasteiger partial charge in [0.25, 0.3) is 0 Å². The Morgan fingerprint density at radius 2 is 1.26 bits per heavy atom. The van der Waals surface area contributed by atoms with Crippen LogP contribution in [0.1, 0.15) is 61.3 Å². The fraction of sp³-hybridized carbons (Fsp3) is 0.882. The van der Waals surface area contributed by atoms with Gasteiger partial charge in [-0.25, -0.2) is 0 Å². The van der Waals surface area contributed by atoms with Crippen molar-refractivity contribution < 1.29 is 9.59 Å². The number of rotatable bonds is 9. The van der Waals surface area contributed by atoms with Crippen LogP contribution in [0.15, 0.2) is 5.18 Å². The maximum atomic E-state index is 11.9. The Morgan fingerprint density at radius 3 is 1.65 bits per heavy atom. The lowest BCUT2D eigenvalue weighted by molar-refractivity contribution is -0.123. The lowest BCUT2D eigenvalue weighted by atomic mass is 9.75. The van der Waals surface area contributed by atoms with Gasteiger partial charge in [0.1, 0.15) is 0 Å². The third-order valence-electron chi connectivity index (χ3n) is 3.38. The molecule has 134 valence electrons. The molecule has 0 radical (unpaired) electrons. The minimum atomic E-state index is -0.357. The molecular weight excluding hydrogens is 294 g/mol. The molecule has 0 bridgehead atoms. The van der Waals surface area contributed by atoms with E-state index in [-0.39, 0.29) is 34.6 Å². The Bertz CT molecular complexity index is 423. The summed E-state index contributed by atoms with van der Waals surface area (Å²) in [5, 5.41) is 8.31. The van der Waals surface area contributed by atoms with Crippen LogP contribution in [0.4, 0.5) is 0 Å². The average Bonchev–Trinajstić information content (AvgIpc) is 2.31. The van der Waals surface area contributed by atoms with Crippen molar-refractivity contribution in [1.29, 1.82) is 0 Å². The van der Waals surface area contributed by atoms with E-state index in [2.05, 4.69) is 43.5 Å². The third-order valence-corrected chi connectivity index (χ3v) is 3.38. The quantitative estimate of drug-likeness (QED) is 0.638. The number of amides is 2. The minimum absolute atomic E-state index is 0.0234. The van der Waals surface area contributed by atoms with Gasteiger partial charge in [-0.3, -0.25) is 9.59 Å². The first kappa shape index (κ1) is 21.5. The van der Waals surface area contributed by atoms with Crippen LogP contribution in [0.5, 0.6) is 0 Å². The molecule has 0 saturated carbocycles. The summed E-state index contributed by atoms with van der Waals surface area (Å²) in [7, 11) is 0. The van der Waals surface area contributed by atoms with E-state index in [0.29, 0.717) is 19.5 Å². The second kappa shape index (κ2) is 8.41. The number of hydrogen-bond donors (Lipinski definition) is 2. The Morgan fingerprint density at radius 1 is 0.826 bits per heavy atom. The number of nitroso groups, excluding NO2 is 1. The van der Waals surface area contributed by atoms with Gasteiger partial charge in [0.15, 0.2) is 6.54 Å². The first-order valence-corrected chi connectivity index (χ1v) is 8.09. The summed E-state index contributed by atoms with van der Waals surface area (Å²) in [5.74, 6) is -0.293. The van der Waals surface area contributed by atoms with Crippen LogP contribution < -0.4 is 10.6 Å². The smallest absolute Gasteiger partial charge is 0.245 e. The normalized spacial score (nSPS) is 12.7. The predicted molar refractivity (Wildman–Crippen MR) is 92.9 cm³/mol. The molecule has 0 saturated heterocycles. The highest BCUT2D eigenvalue weighted by Gasteiger charge is 2.30. The maximum Gasteiger partial charge on any atom is 0.245 e. The van der Waals surface area contributed by atoms with Gasteiger partial charge in [0.05, 0.1) is 0 Å². The average molecular weight is 327 g/mol. The number of nitrogens with one attached hydrogen (secondary N) is 2. The molecule has 0 aliphatic heterocycles. The standard InChI is InChI=1S/C17H33N3O3/c1-15(2,3)8-13(21)18-11-16(4,5)10-17(6,7)12-19-14(22)9-20-23/h8-12H2,1-7H3,(H,18,21)(H,19,22). The first-order chi connectivity index (χ1) is 10.3. The Labute approximate surface area is 140 Å². The van der Waals surface area contributed by atoms with Crippen molar-refractivity contribution in [2.24, 2.45) is 21.4 Å². The SMILES string of the molecule is CC(C)(C)CC(=O)NCC(C)(C)CC(C)(C)CNC(=O)CN=O. The molecule has 0 aliphatic carbocycles. The highest BCUT2D eigenvalue weighted by Crippen LogP contribution is 2.32. The maximum absolute atomic E-state index is 11.9. The number of carbonyl (C=O) groups excluding carboxylic acids is 2. The van der Waals surface area contributed by atoms with E-state index in [1.54, 1.807) is 0 Å². The van der Waals surface area contributed by atoms with E-state index < -0.39 is 0 Å². The van der Waals surface area contributed by atoms with Crippen molar-refractivity contribution in [3.05, 3.63) is 4.91 Å². The van der Waals surface area contributed by atoms with Crippen molar-refractivity contribution >= 4 is 11.8 Å². The van der Waals surface area contributed by atoms with Crippen molar-refractivity contribution in [2.75, 3.05) is 19.6 Å². The van der Waals surface area contributed by atoms with Crippen LogP contribution in [-0.2, 0) is 9.59 Å². The summed E-state index contributed by atoms with van der Waals surface area (Å²) in [6.45, 7) is 15.1. The van der Waals surface area contributed by atoms with Gasteiger partial charge < -0.3 is 10.6 Å². The second-order valence-corrected chi connectivity index (χ2v) is 9.08. The summed E-state index contributed by atoms with van der Waals surface area (Å²) in [4.78, 5) is 33.4. The lowest BCUT2D eigenvalue weighted by Gasteiger charge is -2.35. The molecular formula is C17H33N3O3. The van der Waals surface area contributed by atoms with Crippen LogP contribution in [0.3, 0.4) is 0 Å². The molecule has 0 spiro atoms. The zero-order chi connectivity index (χ0) is 18.3. The molecule has 0 atom stereocenters. The topological polar surface area (TPSA) is 87.6 Å². The Kier molecular flexibility index (Phi) is 7.87. The van der Waals surface area contributed by atoms with Gasteiger partial charge in [-0.15, -0.1) is 0 Å². The van der Waals surface area contributed by atoms with Gasteiger partial charge in [0, 0.05) is 19.5 Å². The monoisotopic (exact) mass is 327 g/mol.